The zero-order chi connectivity index (χ0) is 14.8. The van der Waals surface area contributed by atoms with Gasteiger partial charge in [-0.25, -0.2) is 13.6 Å². The fraction of sp³-hybridized carbons (Fsp3) is 0.538. The molecule has 0 aliphatic carbocycles. The molecular weight excluding hydrogens is 288 g/mol. The minimum absolute atomic E-state index is 0.0624. The number of nitrogens with zero attached hydrogens (tertiary/aromatic N) is 2. The monoisotopic (exact) mass is 303 g/mol. The highest BCUT2D eigenvalue weighted by Crippen LogP contribution is 2.32. The molecule has 0 bridgehead atoms. The molecule has 1 saturated heterocycles. The third kappa shape index (κ3) is 3.56. The molecule has 1 fully saturated rings. The molecule has 2 heterocycles. The predicted octanol–water partition coefficient (Wildman–Crippen LogP) is 2.92. The van der Waals surface area contributed by atoms with E-state index in [0.717, 1.165) is 0 Å². The van der Waals surface area contributed by atoms with Gasteiger partial charge in [-0.1, -0.05) is 18.5 Å². The van der Waals surface area contributed by atoms with Crippen LogP contribution in [-0.4, -0.2) is 34.9 Å². The van der Waals surface area contributed by atoms with E-state index in [1.54, 1.807) is 12.1 Å². The van der Waals surface area contributed by atoms with Gasteiger partial charge < -0.3 is 10.2 Å². The van der Waals surface area contributed by atoms with Crippen molar-refractivity contribution in [3.8, 4) is 0 Å². The number of pyridine rings is 1. The Morgan fingerprint density at radius 1 is 1.60 bits per heavy atom. The Labute approximate surface area is 121 Å². The molecule has 1 atom stereocenters. The number of carbonyl (C=O) groups is 1. The maximum atomic E-state index is 13.3. The lowest BCUT2D eigenvalue weighted by molar-refractivity contribution is -0.0906. The third-order valence-corrected chi connectivity index (χ3v) is 3.65. The molecule has 110 valence electrons. The van der Waals surface area contributed by atoms with Crippen LogP contribution in [0.3, 0.4) is 0 Å². The van der Waals surface area contributed by atoms with Gasteiger partial charge in [0.25, 0.3) is 5.92 Å². The van der Waals surface area contributed by atoms with E-state index in [1.807, 2.05) is 0 Å². The third-order valence-electron chi connectivity index (χ3n) is 3.43. The maximum Gasteiger partial charge on any atom is 0.317 e. The molecule has 0 radical (unpaired) electrons. The van der Waals surface area contributed by atoms with Crippen LogP contribution in [0.15, 0.2) is 18.3 Å². The molecule has 1 aromatic heterocycles. The predicted molar refractivity (Wildman–Crippen MR) is 71.8 cm³/mol. The van der Waals surface area contributed by atoms with Crippen LogP contribution < -0.4 is 5.32 Å². The van der Waals surface area contributed by atoms with Gasteiger partial charge in [-0.15, -0.1) is 0 Å². The summed E-state index contributed by atoms with van der Waals surface area (Å²) in [5.41, 5.74) is 0.665. The number of hydrogen-bond acceptors (Lipinski definition) is 2. The number of carbonyl (C=O) groups excluding carboxylic acids is 1. The fourth-order valence-electron chi connectivity index (χ4n) is 2.06. The van der Waals surface area contributed by atoms with E-state index >= 15 is 0 Å². The van der Waals surface area contributed by atoms with Crippen LogP contribution >= 0.6 is 11.6 Å². The average Bonchev–Trinajstić information content (AvgIpc) is 2.41. The van der Waals surface area contributed by atoms with E-state index in [0.29, 0.717) is 10.7 Å². The Morgan fingerprint density at radius 3 is 2.95 bits per heavy atom. The first-order valence-electron chi connectivity index (χ1n) is 6.39. The molecule has 1 aliphatic rings. The van der Waals surface area contributed by atoms with Crippen molar-refractivity contribution in [1.29, 1.82) is 0 Å². The normalized spacial score (nSPS) is 21.6. The summed E-state index contributed by atoms with van der Waals surface area (Å²) in [6.07, 6.45) is 1.20. The number of amides is 2. The molecule has 7 heteroatoms. The van der Waals surface area contributed by atoms with Crippen LogP contribution in [0.1, 0.15) is 19.0 Å². The van der Waals surface area contributed by atoms with Crippen LogP contribution in [0, 0.1) is 5.92 Å². The standard InChI is InChI=1S/C13H16ClF2N3O/c1-9-8-19(5-4-13(9,15)16)12(20)18-7-11-3-2-10(14)6-17-11/h2-3,6,9H,4-5,7-8H2,1H3,(H,18,20). The number of alkyl halides is 2. The smallest absolute Gasteiger partial charge is 0.317 e. The lowest BCUT2D eigenvalue weighted by Crippen LogP contribution is -2.51. The van der Waals surface area contributed by atoms with Gasteiger partial charge >= 0.3 is 6.03 Å². The molecule has 2 amide bonds. The summed E-state index contributed by atoms with van der Waals surface area (Å²) in [5.74, 6) is -3.51. The molecule has 1 aromatic rings. The number of nitrogens with one attached hydrogen (secondary N) is 1. The molecule has 0 spiro atoms. The number of halogens is 3. The Balaban J connectivity index is 1.85. The van der Waals surface area contributed by atoms with Crippen molar-refractivity contribution < 1.29 is 13.6 Å². The number of piperidine rings is 1. The molecule has 0 saturated carbocycles. The van der Waals surface area contributed by atoms with Crippen molar-refractivity contribution in [3.05, 3.63) is 29.0 Å². The van der Waals surface area contributed by atoms with E-state index in [-0.39, 0.29) is 32.1 Å². The van der Waals surface area contributed by atoms with E-state index in [2.05, 4.69) is 10.3 Å². The first-order chi connectivity index (χ1) is 9.38. The number of rotatable bonds is 2. The van der Waals surface area contributed by atoms with Crippen LogP contribution in [0.4, 0.5) is 13.6 Å². The van der Waals surface area contributed by atoms with E-state index in [4.69, 9.17) is 11.6 Å². The second-order valence-corrected chi connectivity index (χ2v) is 5.42. The lowest BCUT2D eigenvalue weighted by atomic mass is 9.96. The number of aromatic nitrogens is 1. The van der Waals surface area contributed by atoms with Crippen molar-refractivity contribution in [2.45, 2.75) is 25.8 Å². The van der Waals surface area contributed by atoms with Crippen molar-refractivity contribution in [3.63, 3.8) is 0 Å². The Bertz CT molecular complexity index is 481. The number of likely N-dealkylation sites (tertiary alicyclic amines) is 1. The molecule has 20 heavy (non-hydrogen) atoms. The highest BCUT2D eigenvalue weighted by atomic mass is 35.5. The Morgan fingerprint density at radius 2 is 2.35 bits per heavy atom. The first kappa shape index (κ1) is 15.0. The molecular formula is C13H16ClF2N3O. The van der Waals surface area contributed by atoms with Gasteiger partial charge in [-0.3, -0.25) is 4.98 Å². The quantitative estimate of drug-likeness (QED) is 0.913. The molecule has 1 aliphatic heterocycles. The Hall–Kier alpha value is -1.43. The van der Waals surface area contributed by atoms with Crippen molar-refractivity contribution in [2.24, 2.45) is 5.92 Å². The van der Waals surface area contributed by atoms with Crippen molar-refractivity contribution >= 4 is 17.6 Å². The molecule has 2 rings (SSSR count). The minimum Gasteiger partial charge on any atom is -0.332 e. The summed E-state index contributed by atoms with van der Waals surface area (Å²) in [7, 11) is 0. The summed E-state index contributed by atoms with van der Waals surface area (Å²) >= 11 is 5.71. The zero-order valence-corrected chi connectivity index (χ0v) is 11.8. The van der Waals surface area contributed by atoms with Gasteiger partial charge in [0, 0.05) is 31.6 Å². The van der Waals surface area contributed by atoms with Gasteiger partial charge in [-0.2, -0.15) is 0 Å². The second kappa shape index (κ2) is 5.91. The van der Waals surface area contributed by atoms with Crippen LogP contribution in [0.2, 0.25) is 5.02 Å². The SMILES string of the molecule is CC1CN(C(=O)NCc2ccc(Cl)cn2)CCC1(F)F. The number of urea groups is 1. The van der Waals surface area contributed by atoms with Crippen LogP contribution in [0.25, 0.3) is 0 Å². The van der Waals surface area contributed by atoms with E-state index < -0.39 is 11.8 Å². The van der Waals surface area contributed by atoms with Gasteiger partial charge in [-0.05, 0) is 12.1 Å². The first-order valence-corrected chi connectivity index (χ1v) is 6.77. The Kier molecular flexibility index (Phi) is 4.42. The van der Waals surface area contributed by atoms with Gasteiger partial charge in [0.15, 0.2) is 0 Å². The highest BCUT2D eigenvalue weighted by molar-refractivity contribution is 6.30. The topological polar surface area (TPSA) is 45.2 Å². The zero-order valence-electron chi connectivity index (χ0n) is 11.1. The summed E-state index contributed by atoms with van der Waals surface area (Å²) in [6, 6.07) is 3.04. The lowest BCUT2D eigenvalue weighted by Gasteiger charge is -2.36. The van der Waals surface area contributed by atoms with Crippen molar-refractivity contribution in [2.75, 3.05) is 13.1 Å². The maximum absolute atomic E-state index is 13.3. The summed E-state index contributed by atoms with van der Waals surface area (Å²) < 4.78 is 26.7. The minimum atomic E-state index is -2.69. The summed E-state index contributed by atoms with van der Waals surface area (Å²) in [6.45, 7) is 1.83. The highest BCUT2D eigenvalue weighted by Gasteiger charge is 2.42. The van der Waals surface area contributed by atoms with E-state index in [1.165, 1.54) is 18.0 Å². The summed E-state index contributed by atoms with van der Waals surface area (Å²) in [4.78, 5) is 17.4. The number of hydrogen-bond donors (Lipinski definition) is 1. The van der Waals surface area contributed by atoms with Gasteiger partial charge in [0.2, 0.25) is 0 Å². The van der Waals surface area contributed by atoms with Crippen LogP contribution in [0.5, 0.6) is 0 Å². The second-order valence-electron chi connectivity index (χ2n) is 4.98. The van der Waals surface area contributed by atoms with Crippen LogP contribution in [-0.2, 0) is 6.54 Å². The molecule has 1 N–H and O–H groups in total. The largest absolute Gasteiger partial charge is 0.332 e. The van der Waals surface area contributed by atoms with Gasteiger partial charge in [0.1, 0.15) is 0 Å². The van der Waals surface area contributed by atoms with Gasteiger partial charge in [0.05, 0.1) is 17.3 Å². The molecule has 1 unspecified atom stereocenters. The molecule has 0 aromatic carbocycles. The average molecular weight is 304 g/mol. The summed E-state index contributed by atoms with van der Waals surface area (Å²) in [5, 5.41) is 3.19. The molecule has 4 nitrogen and oxygen atoms in total. The fourth-order valence-corrected chi connectivity index (χ4v) is 2.17. The van der Waals surface area contributed by atoms with E-state index in [9.17, 15) is 13.6 Å². The van der Waals surface area contributed by atoms with Crippen molar-refractivity contribution in [1.82, 2.24) is 15.2 Å².